The van der Waals surface area contributed by atoms with Crippen LogP contribution in [0.5, 0.6) is 0 Å². The maximum atomic E-state index is 10.6. The van der Waals surface area contributed by atoms with Crippen molar-refractivity contribution < 1.29 is 19.3 Å². The standard InChI is InChI=1S/C14H27NO4/c1-13(2)10-15(8-12(19-13)9-17-3)11-14(16)4-6-18-7-5-14/h12,16H,4-11H2,1-3H3/t12-/m1/s1. The van der Waals surface area contributed by atoms with Gasteiger partial charge in [0.25, 0.3) is 0 Å². The minimum absolute atomic E-state index is 0.0807. The minimum atomic E-state index is -0.608. The number of aliphatic hydroxyl groups is 1. The zero-order valence-electron chi connectivity index (χ0n) is 12.4. The number of rotatable bonds is 4. The molecule has 2 aliphatic heterocycles. The zero-order valence-corrected chi connectivity index (χ0v) is 12.4. The Labute approximate surface area is 115 Å². The van der Waals surface area contributed by atoms with Gasteiger partial charge >= 0.3 is 0 Å². The Balaban J connectivity index is 1.94. The van der Waals surface area contributed by atoms with Crippen molar-refractivity contribution in [2.45, 2.75) is 44.0 Å². The molecular formula is C14H27NO4. The van der Waals surface area contributed by atoms with Gasteiger partial charge in [-0.15, -0.1) is 0 Å². The van der Waals surface area contributed by atoms with E-state index in [9.17, 15) is 5.11 Å². The first-order valence-electron chi connectivity index (χ1n) is 7.12. The Morgan fingerprint density at radius 3 is 2.63 bits per heavy atom. The number of hydrogen-bond acceptors (Lipinski definition) is 5. The summed E-state index contributed by atoms with van der Waals surface area (Å²) in [5.41, 5.74) is -0.799. The van der Waals surface area contributed by atoms with E-state index in [4.69, 9.17) is 14.2 Å². The molecule has 5 nitrogen and oxygen atoms in total. The van der Waals surface area contributed by atoms with E-state index >= 15 is 0 Å². The topological polar surface area (TPSA) is 51.2 Å². The molecule has 0 radical (unpaired) electrons. The summed E-state index contributed by atoms with van der Waals surface area (Å²) in [4.78, 5) is 2.30. The van der Waals surface area contributed by atoms with E-state index in [0.29, 0.717) is 26.4 Å². The molecule has 1 atom stereocenters. The molecule has 0 spiro atoms. The number of ether oxygens (including phenoxy) is 3. The lowest BCUT2D eigenvalue weighted by Crippen LogP contribution is -2.58. The van der Waals surface area contributed by atoms with Gasteiger partial charge < -0.3 is 19.3 Å². The molecule has 0 saturated carbocycles. The quantitative estimate of drug-likeness (QED) is 0.815. The van der Waals surface area contributed by atoms with Crippen LogP contribution in [-0.4, -0.2) is 73.9 Å². The molecule has 0 bridgehead atoms. The predicted molar refractivity (Wildman–Crippen MR) is 72.3 cm³/mol. The third kappa shape index (κ3) is 4.39. The number of hydrogen-bond donors (Lipinski definition) is 1. The van der Waals surface area contributed by atoms with Crippen molar-refractivity contribution in [3.05, 3.63) is 0 Å². The molecule has 1 N–H and O–H groups in total. The van der Waals surface area contributed by atoms with E-state index in [-0.39, 0.29) is 11.7 Å². The molecular weight excluding hydrogens is 246 g/mol. The van der Waals surface area contributed by atoms with Crippen LogP contribution in [0.4, 0.5) is 0 Å². The maximum absolute atomic E-state index is 10.6. The molecule has 2 rings (SSSR count). The zero-order chi connectivity index (χ0) is 13.9. The molecule has 5 heteroatoms. The van der Waals surface area contributed by atoms with Gasteiger partial charge in [0.05, 0.1) is 23.9 Å². The number of nitrogens with zero attached hydrogens (tertiary/aromatic N) is 1. The van der Waals surface area contributed by atoms with Crippen molar-refractivity contribution in [3.8, 4) is 0 Å². The number of morpholine rings is 1. The van der Waals surface area contributed by atoms with E-state index in [1.807, 2.05) is 0 Å². The van der Waals surface area contributed by atoms with Crippen molar-refractivity contribution in [3.63, 3.8) is 0 Å². The molecule has 0 aliphatic carbocycles. The second-order valence-corrected chi connectivity index (χ2v) is 6.46. The summed E-state index contributed by atoms with van der Waals surface area (Å²) in [6.07, 6.45) is 1.52. The molecule has 2 heterocycles. The van der Waals surface area contributed by atoms with Gasteiger partial charge in [-0.2, -0.15) is 0 Å². The summed E-state index contributed by atoms with van der Waals surface area (Å²) in [5.74, 6) is 0. The first kappa shape index (κ1) is 15.2. The first-order chi connectivity index (χ1) is 8.92. The SMILES string of the molecule is COC[C@H]1CN(CC2(O)CCOCC2)CC(C)(C)O1. The average molecular weight is 273 g/mol. The van der Waals surface area contributed by atoms with E-state index in [2.05, 4.69) is 18.7 Å². The lowest BCUT2D eigenvalue weighted by atomic mass is 9.92. The van der Waals surface area contributed by atoms with Crippen molar-refractivity contribution >= 4 is 0 Å². The fourth-order valence-electron chi connectivity index (χ4n) is 3.14. The summed E-state index contributed by atoms with van der Waals surface area (Å²) in [5, 5.41) is 10.6. The fourth-order valence-corrected chi connectivity index (χ4v) is 3.14. The molecule has 19 heavy (non-hydrogen) atoms. The van der Waals surface area contributed by atoms with Gasteiger partial charge in [0, 0.05) is 52.8 Å². The lowest BCUT2D eigenvalue weighted by Gasteiger charge is -2.46. The Kier molecular flexibility index (Phi) is 4.84. The average Bonchev–Trinajstić information content (AvgIpc) is 2.27. The van der Waals surface area contributed by atoms with E-state index in [1.165, 1.54) is 0 Å². The fraction of sp³-hybridized carbons (Fsp3) is 1.00. The van der Waals surface area contributed by atoms with Crippen LogP contribution in [0, 0.1) is 0 Å². The van der Waals surface area contributed by atoms with Gasteiger partial charge in [-0.3, -0.25) is 4.90 Å². The van der Waals surface area contributed by atoms with Crippen molar-refractivity contribution in [2.24, 2.45) is 0 Å². The molecule has 2 fully saturated rings. The van der Waals surface area contributed by atoms with Crippen LogP contribution in [0.15, 0.2) is 0 Å². The Bertz CT molecular complexity index is 289. The van der Waals surface area contributed by atoms with E-state index in [1.54, 1.807) is 7.11 Å². The highest BCUT2D eigenvalue weighted by molar-refractivity contribution is 4.90. The highest BCUT2D eigenvalue weighted by Gasteiger charge is 2.38. The molecule has 2 aliphatic rings. The second kappa shape index (κ2) is 6.06. The van der Waals surface area contributed by atoms with Crippen LogP contribution in [0.2, 0.25) is 0 Å². The molecule has 0 amide bonds. The largest absolute Gasteiger partial charge is 0.388 e. The second-order valence-electron chi connectivity index (χ2n) is 6.46. The first-order valence-corrected chi connectivity index (χ1v) is 7.12. The molecule has 112 valence electrons. The van der Waals surface area contributed by atoms with Crippen LogP contribution in [0.25, 0.3) is 0 Å². The van der Waals surface area contributed by atoms with Crippen LogP contribution in [0.3, 0.4) is 0 Å². The summed E-state index contributed by atoms with van der Waals surface area (Å²) in [6.45, 7) is 8.46. The predicted octanol–water partition coefficient (Wildman–Crippen LogP) is 0.654. The summed E-state index contributed by atoms with van der Waals surface area (Å²) in [6, 6.07) is 0. The van der Waals surface area contributed by atoms with Gasteiger partial charge in [-0.25, -0.2) is 0 Å². The van der Waals surface area contributed by atoms with Crippen LogP contribution in [0.1, 0.15) is 26.7 Å². The van der Waals surface area contributed by atoms with Gasteiger partial charge in [-0.05, 0) is 13.8 Å². The monoisotopic (exact) mass is 273 g/mol. The van der Waals surface area contributed by atoms with Gasteiger partial charge in [0.2, 0.25) is 0 Å². The van der Waals surface area contributed by atoms with Crippen molar-refractivity contribution in [2.75, 3.05) is 46.6 Å². The molecule has 2 saturated heterocycles. The maximum Gasteiger partial charge on any atom is 0.0942 e. The van der Waals surface area contributed by atoms with Crippen molar-refractivity contribution in [1.29, 1.82) is 0 Å². The number of methoxy groups -OCH3 is 1. The molecule has 0 aromatic rings. The normalized spacial score (nSPS) is 31.3. The summed E-state index contributed by atoms with van der Waals surface area (Å²) < 4.78 is 16.5. The number of β-amino-alcohol motifs (C(OH)–C–C–N with tert-alkyl or cyclic N) is 1. The highest BCUT2D eigenvalue weighted by Crippen LogP contribution is 2.26. The van der Waals surface area contributed by atoms with Gasteiger partial charge in [0.1, 0.15) is 0 Å². The smallest absolute Gasteiger partial charge is 0.0942 e. The molecule has 0 aromatic carbocycles. The highest BCUT2D eigenvalue weighted by atomic mass is 16.5. The minimum Gasteiger partial charge on any atom is -0.388 e. The third-order valence-electron chi connectivity index (χ3n) is 3.85. The Hall–Kier alpha value is -0.200. The Morgan fingerprint density at radius 1 is 1.32 bits per heavy atom. The Morgan fingerprint density at radius 2 is 2.00 bits per heavy atom. The van der Waals surface area contributed by atoms with E-state index < -0.39 is 5.60 Å². The summed E-state index contributed by atoms with van der Waals surface area (Å²) >= 11 is 0. The van der Waals surface area contributed by atoms with Crippen LogP contribution in [-0.2, 0) is 14.2 Å². The molecule has 0 aromatic heterocycles. The van der Waals surface area contributed by atoms with Crippen LogP contribution < -0.4 is 0 Å². The van der Waals surface area contributed by atoms with E-state index in [0.717, 1.165) is 25.9 Å². The van der Waals surface area contributed by atoms with Gasteiger partial charge in [-0.1, -0.05) is 0 Å². The van der Waals surface area contributed by atoms with Gasteiger partial charge in [0.15, 0.2) is 0 Å². The van der Waals surface area contributed by atoms with Crippen LogP contribution >= 0.6 is 0 Å². The van der Waals surface area contributed by atoms with Crippen molar-refractivity contribution in [1.82, 2.24) is 4.90 Å². The summed E-state index contributed by atoms with van der Waals surface area (Å²) in [7, 11) is 1.70. The third-order valence-corrected chi connectivity index (χ3v) is 3.85. The lowest BCUT2D eigenvalue weighted by molar-refractivity contribution is -0.168. The molecule has 0 unspecified atom stereocenters.